The summed E-state index contributed by atoms with van der Waals surface area (Å²) in [4.78, 5) is 12.7. The van der Waals surface area contributed by atoms with Gasteiger partial charge in [-0.2, -0.15) is 0 Å². The van der Waals surface area contributed by atoms with Crippen molar-refractivity contribution in [2.45, 2.75) is 116 Å². The summed E-state index contributed by atoms with van der Waals surface area (Å²) in [7, 11) is -3.07. The van der Waals surface area contributed by atoms with E-state index in [0.29, 0.717) is 37.5 Å². The Balaban J connectivity index is 1.23. The molecule has 0 aromatic rings. The monoisotopic (exact) mass is 559 g/mol. The van der Waals surface area contributed by atoms with Gasteiger partial charge in [-0.25, -0.2) is 17.2 Å². The van der Waals surface area contributed by atoms with Crippen LogP contribution >= 0.6 is 0 Å². The number of hydrogen-bond donors (Lipinski definition) is 3. The lowest BCUT2D eigenvalue weighted by atomic mass is 9.43. The summed E-state index contributed by atoms with van der Waals surface area (Å²) in [5.41, 5.74) is -0.558. The van der Waals surface area contributed by atoms with Crippen LogP contribution < -0.4 is 5.32 Å². The minimum Gasteiger partial charge on any atom is -0.393 e. The van der Waals surface area contributed by atoms with Crippen LogP contribution in [0.25, 0.3) is 0 Å². The molecule has 5 aliphatic rings. The number of fused-ring (bicyclic) bond motifs is 5. The molecule has 5 fully saturated rings. The molecule has 11 atom stereocenters. The van der Waals surface area contributed by atoms with Gasteiger partial charge in [0.1, 0.15) is 6.10 Å². The van der Waals surface area contributed by atoms with Gasteiger partial charge in [0.15, 0.2) is 9.84 Å². The largest absolute Gasteiger partial charge is 0.393 e. The number of aliphatic hydroxyl groups excluding tert-OH is 2. The minimum atomic E-state index is -3.08. The molecule has 4 aliphatic carbocycles. The van der Waals surface area contributed by atoms with E-state index in [4.69, 9.17) is 0 Å². The van der Waals surface area contributed by atoms with Gasteiger partial charge in [0.2, 0.25) is 5.91 Å². The van der Waals surface area contributed by atoms with Crippen molar-refractivity contribution in [3.8, 4) is 0 Å². The number of alkyl halides is 2. The number of aliphatic hydroxyl groups is 2. The van der Waals surface area contributed by atoms with Crippen LogP contribution in [0.3, 0.4) is 0 Å². The van der Waals surface area contributed by atoms with Crippen LogP contribution in [0, 0.1) is 46.3 Å². The van der Waals surface area contributed by atoms with Crippen LogP contribution in [0.4, 0.5) is 8.78 Å². The number of rotatable bonds is 5. The first kappa shape index (κ1) is 28.7. The van der Waals surface area contributed by atoms with E-state index in [-0.39, 0.29) is 65.4 Å². The predicted octanol–water partition coefficient (Wildman–Crippen LogP) is 4.33. The Bertz CT molecular complexity index is 1020. The highest BCUT2D eigenvalue weighted by atomic mass is 32.2. The lowest BCUT2D eigenvalue weighted by molar-refractivity contribution is -0.236. The van der Waals surface area contributed by atoms with Gasteiger partial charge >= 0.3 is 0 Å². The van der Waals surface area contributed by atoms with E-state index in [1.54, 1.807) is 0 Å². The van der Waals surface area contributed by atoms with Gasteiger partial charge < -0.3 is 15.5 Å². The van der Waals surface area contributed by atoms with Crippen LogP contribution in [-0.4, -0.2) is 60.2 Å². The number of hydrogen-bond acceptors (Lipinski definition) is 5. The maximum Gasteiger partial charge on any atom is 0.274 e. The molecule has 0 aromatic carbocycles. The Morgan fingerprint density at radius 3 is 2.47 bits per heavy atom. The van der Waals surface area contributed by atoms with Crippen LogP contribution in [0.1, 0.15) is 91.4 Å². The molecule has 38 heavy (non-hydrogen) atoms. The van der Waals surface area contributed by atoms with Gasteiger partial charge in [-0.05, 0) is 104 Å². The van der Waals surface area contributed by atoms with Gasteiger partial charge in [-0.15, -0.1) is 0 Å². The van der Waals surface area contributed by atoms with E-state index >= 15 is 0 Å². The summed E-state index contributed by atoms with van der Waals surface area (Å²) in [6, 6.07) is -0.286. The highest BCUT2D eigenvalue weighted by Crippen LogP contribution is 2.69. The zero-order valence-electron chi connectivity index (χ0n) is 23.2. The van der Waals surface area contributed by atoms with Crippen LogP contribution in [0.15, 0.2) is 0 Å². The second kappa shape index (κ2) is 9.93. The van der Waals surface area contributed by atoms with E-state index in [9.17, 15) is 32.2 Å². The van der Waals surface area contributed by atoms with Gasteiger partial charge in [-0.3, -0.25) is 4.79 Å². The highest BCUT2D eigenvalue weighted by Gasteiger charge is 2.66. The lowest BCUT2D eigenvalue weighted by Gasteiger charge is -2.63. The first-order valence-corrected chi connectivity index (χ1v) is 16.7. The van der Waals surface area contributed by atoms with Crippen molar-refractivity contribution < 1.29 is 32.2 Å². The molecule has 1 saturated heterocycles. The van der Waals surface area contributed by atoms with E-state index in [1.807, 2.05) is 6.92 Å². The third kappa shape index (κ3) is 4.95. The third-order valence-electron chi connectivity index (χ3n) is 12.1. The zero-order valence-corrected chi connectivity index (χ0v) is 24.0. The SMILES string of the molecule is C[C@H](CCC(=O)NC1CCCS(=O)(=O)C1)[C@H]1CCC2C3C(CC[C@@]21C)[C@@]1(C)CC(F)(F)[C@H](O)C[C@H]1C[C@@H]3O. The maximum atomic E-state index is 14.7. The average Bonchev–Trinajstić information content (AvgIpc) is 3.16. The second-order valence-corrected chi connectivity index (χ2v) is 16.5. The van der Waals surface area contributed by atoms with Crippen LogP contribution in [0.5, 0.6) is 0 Å². The molecule has 1 heterocycles. The van der Waals surface area contributed by atoms with Crippen LogP contribution in [0.2, 0.25) is 0 Å². The molecule has 0 aromatic heterocycles. The van der Waals surface area contributed by atoms with Crippen molar-refractivity contribution in [2.24, 2.45) is 46.3 Å². The fourth-order valence-electron chi connectivity index (χ4n) is 10.2. The number of carbonyl (C=O) groups is 1. The summed E-state index contributed by atoms with van der Waals surface area (Å²) < 4.78 is 53.3. The van der Waals surface area contributed by atoms with Gasteiger partial charge in [0, 0.05) is 18.9 Å². The lowest BCUT2D eigenvalue weighted by Crippen LogP contribution is -2.62. The molecule has 6 nitrogen and oxygen atoms in total. The Morgan fingerprint density at radius 1 is 1.05 bits per heavy atom. The molecule has 4 unspecified atom stereocenters. The Morgan fingerprint density at radius 2 is 1.76 bits per heavy atom. The average molecular weight is 560 g/mol. The Labute approximate surface area is 226 Å². The van der Waals surface area contributed by atoms with Gasteiger partial charge in [0.25, 0.3) is 5.92 Å². The molecule has 0 radical (unpaired) electrons. The Kier molecular flexibility index (Phi) is 7.51. The van der Waals surface area contributed by atoms with Crippen molar-refractivity contribution in [1.82, 2.24) is 5.32 Å². The Hall–Kier alpha value is -0.800. The molecule has 0 spiro atoms. The summed E-state index contributed by atoms with van der Waals surface area (Å²) in [5.74, 6) is -1.95. The fourth-order valence-corrected chi connectivity index (χ4v) is 11.8. The predicted molar refractivity (Wildman–Crippen MR) is 141 cm³/mol. The molecule has 1 amide bonds. The van der Waals surface area contributed by atoms with Crippen molar-refractivity contribution in [3.63, 3.8) is 0 Å². The van der Waals surface area contributed by atoms with Crippen molar-refractivity contribution in [2.75, 3.05) is 11.5 Å². The summed E-state index contributed by atoms with van der Waals surface area (Å²) in [6.45, 7) is 6.53. The van der Waals surface area contributed by atoms with Crippen molar-refractivity contribution in [3.05, 3.63) is 0 Å². The van der Waals surface area contributed by atoms with Crippen molar-refractivity contribution in [1.29, 1.82) is 0 Å². The fraction of sp³-hybridized carbons (Fsp3) is 0.966. The van der Waals surface area contributed by atoms with Crippen molar-refractivity contribution >= 4 is 15.7 Å². The maximum absolute atomic E-state index is 14.7. The number of nitrogens with one attached hydrogen (secondary N) is 1. The molecule has 218 valence electrons. The number of amides is 1. The molecule has 9 heteroatoms. The summed E-state index contributed by atoms with van der Waals surface area (Å²) in [5, 5.41) is 24.4. The molecular weight excluding hydrogens is 512 g/mol. The molecule has 5 rings (SSSR count). The first-order chi connectivity index (χ1) is 17.7. The van der Waals surface area contributed by atoms with E-state index in [2.05, 4.69) is 19.2 Å². The molecule has 3 N–H and O–H groups in total. The normalized spacial score (nSPS) is 48.3. The smallest absolute Gasteiger partial charge is 0.274 e. The quantitative estimate of drug-likeness (QED) is 0.465. The van der Waals surface area contributed by atoms with E-state index in [0.717, 1.165) is 32.1 Å². The number of sulfone groups is 1. The molecule has 1 aliphatic heterocycles. The molecular formula is C29H47F2NO5S. The van der Waals surface area contributed by atoms with E-state index < -0.39 is 33.4 Å². The summed E-state index contributed by atoms with van der Waals surface area (Å²) in [6.07, 6.45) is 4.33. The first-order valence-electron chi connectivity index (χ1n) is 14.9. The zero-order chi connectivity index (χ0) is 27.7. The highest BCUT2D eigenvalue weighted by molar-refractivity contribution is 7.91. The molecule has 4 saturated carbocycles. The second-order valence-electron chi connectivity index (χ2n) is 14.3. The standard InChI is InChI=1S/C29H47F2NO5S/c1-17(6-9-25(35)32-19-5-4-12-38(36,37)15-19)20-7-8-21-26-22(10-11-27(20,21)2)28(3)16-29(30,31)24(34)14-18(28)13-23(26)33/h17-24,26,33-34H,4-16H2,1-3H3,(H,32,35)/t17-,18-,19?,20-,21?,22?,23+,24-,26?,27-,28+/m1/s1. The number of carbonyl (C=O) groups excluding carboxylic acids is 1. The minimum absolute atomic E-state index is 0.00907. The number of halogens is 2. The van der Waals surface area contributed by atoms with E-state index in [1.165, 1.54) is 0 Å². The van der Waals surface area contributed by atoms with Crippen LogP contribution in [-0.2, 0) is 14.6 Å². The summed E-state index contributed by atoms with van der Waals surface area (Å²) >= 11 is 0. The van der Waals surface area contributed by atoms with Gasteiger partial charge in [-0.1, -0.05) is 20.8 Å². The topological polar surface area (TPSA) is 104 Å². The van der Waals surface area contributed by atoms with Gasteiger partial charge in [0.05, 0.1) is 17.6 Å². The third-order valence-corrected chi connectivity index (χ3v) is 13.9. The molecule has 0 bridgehead atoms.